The van der Waals surface area contributed by atoms with Gasteiger partial charge in [-0.2, -0.15) is 0 Å². The first-order chi connectivity index (χ1) is 7.33. The van der Waals surface area contributed by atoms with E-state index in [0.717, 1.165) is 30.4 Å². The molecule has 0 aliphatic carbocycles. The van der Waals surface area contributed by atoms with Crippen molar-refractivity contribution in [1.29, 1.82) is 0 Å². The average Bonchev–Trinajstić information content (AvgIpc) is 2.64. The van der Waals surface area contributed by atoms with Gasteiger partial charge in [-0.3, -0.25) is 0 Å². The van der Waals surface area contributed by atoms with Gasteiger partial charge in [-0.15, -0.1) is 16.7 Å². The molecule has 0 atom stereocenters. The van der Waals surface area contributed by atoms with Gasteiger partial charge in [0.2, 0.25) is 0 Å². The number of hydrogen-bond acceptors (Lipinski definition) is 2. The molecule has 0 bridgehead atoms. The van der Waals surface area contributed by atoms with Gasteiger partial charge in [-0.1, -0.05) is 22.9 Å². The fourth-order valence-electron chi connectivity index (χ4n) is 1.48. The summed E-state index contributed by atoms with van der Waals surface area (Å²) in [6, 6.07) is 5.70. The van der Waals surface area contributed by atoms with Gasteiger partial charge >= 0.3 is 0 Å². The summed E-state index contributed by atoms with van der Waals surface area (Å²) in [5, 5.41) is 8.76. The van der Waals surface area contributed by atoms with Crippen LogP contribution in [-0.4, -0.2) is 20.9 Å². The number of hydrogen-bond donors (Lipinski definition) is 0. The van der Waals surface area contributed by atoms with E-state index >= 15 is 0 Å². The standard InChI is InChI=1S/C10H11Cl2N3/c11-6-1-2-7-15-9-5-3-4-8(12)10(9)13-14-15/h3-5H,1-2,6-7H2. The highest BCUT2D eigenvalue weighted by Crippen LogP contribution is 2.20. The number of unbranched alkanes of at least 4 members (excludes halogenated alkanes) is 1. The molecule has 0 amide bonds. The Morgan fingerprint density at radius 3 is 2.93 bits per heavy atom. The number of aryl methyl sites for hydroxylation is 1. The molecule has 15 heavy (non-hydrogen) atoms. The van der Waals surface area contributed by atoms with Crippen molar-refractivity contribution in [2.45, 2.75) is 19.4 Å². The van der Waals surface area contributed by atoms with Crippen LogP contribution in [0.5, 0.6) is 0 Å². The van der Waals surface area contributed by atoms with Gasteiger partial charge in [0.25, 0.3) is 0 Å². The monoisotopic (exact) mass is 243 g/mol. The summed E-state index contributed by atoms with van der Waals surface area (Å²) >= 11 is 11.6. The van der Waals surface area contributed by atoms with E-state index in [1.54, 1.807) is 0 Å². The van der Waals surface area contributed by atoms with Gasteiger partial charge in [0.15, 0.2) is 0 Å². The Bertz CT molecular complexity index is 453. The Balaban J connectivity index is 2.25. The number of benzene rings is 1. The minimum Gasteiger partial charge on any atom is -0.245 e. The maximum Gasteiger partial charge on any atom is 0.131 e. The summed E-state index contributed by atoms with van der Waals surface area (Å²) in [5.41, 5.74) is 1.75. The molecule has 0 saturated heterocycles. The molecule has 0 aliphatic heterocycles. The molecule has 2 rings (SSSR count). The molecule has 80 valence electrons. The number of nitrogens with zero attached hydrogens (tertiary/aromatic N) is 3. The molecule has 1 aromatic carbocycles. The van der Waals surface area contributed by atoms with Crippen LogP contribution < -0.4 is 0 Å². The van der Waals surface area contributed by atoms with Crippen LogP contribution in [-0.2, 0) is 6.54 Å². The molecule has 0 unspecified atom stereocenters. The number of alkyl halides is 1. The van der Waals surface area contributed by atoms with Crippen LogP contribution in [0, 0.1) is 0 Å². The van der Waals surface area contributed by atoms with Crippen molar-refractivity contribution in [3.8, 4) is 0 Å². The first-order valence-electron chi connectivity index (χ1n) is 4.86. The first kappa shape index (κ1) is 10.7. The molecule has 2 aromatic rings. The summed E-state index contributed by atoms with van der Waals surface area (Å²) < 4.78 is 1.87. The van der Waals surface area contributed by atoms with E-state index in [9.17, 15) is 0 Å². The molecule has 5 heteroatoms. The van der Waals surface area contributed by atoms with Crippen molar-refractivity contribution in [3.05, 3.63) is 23.2 Å². The number of aromatic nitrogens is 3. The molecule has 3 nitrogen and oxygen atoms in total. The van der Waals surface area contributed by atoms with Gasteiger partial charge in [0.05, 0.1) is 10.5 Å². The van der Waals surface area contributed by atoms with Crippen LogP contribution in [0.25, 0.3) is 11.0 Å². The second-order valence-electron chi connectivity index (χ2n) is 3.32. The van der Waals surface area contributed by atoms with Crippen LogP contribution in [0.1, 0.15) is 12.8 Å². The van der Waals surface area contributed by atoms with Gasteiger partial charge in [-0.05, 0) is 25.0 Å². The fourth-order valence-corrected chi connectivity index (χ4v) is 1.88. The summed E-state index contributed by atoms with van der Waals surface area (Å²) in [7, 11) is 0. The average molecular weight is 244 g/mol. The van der Waals surface area contributed by atoms with Gasteiger partial charge in [0, 0.05) is 12.4 Å². The Hall–Kier alpha value is -0.800. The van der Waals surface area contributed by atoms with Gasteiger partial charge < -0.3 is 0 Å². The van der Waals surface area contributed by atoms with Crippen molar-refractivity contribution in [3.63, 3.8) is 0 Å². The summed E-state index contributed by atoms with van der Waals surface area (Å²) in [5.74, 6) is 0.688. The van der Waals surface area contributed by atoms with Crippen molar-refractivity contribution < 1.29 is 0 Å². The Kier molecular flexibility index (Phi) is 3.44. The molecule has 1 heterocycles. The van der Waals surface area contributed by atoms with E-state index in [4.69, 9.17) is 23.2 Å². The molecular formula is C10H11Cl2N3. The van der Waals surface area contributed by atoms with Crippen LogP contribution in [0.15, 0.2) is 18.2 Å². The highest BCUT2D eigenvalue weighted by atomic mass is 35.5. The molecule has 0 saturated carbocycles. The summed E-state index contributed by atoms with van der Waals surface area (Å²) in [6.07, 6.45) is 2.00. The lowest BCUT2D eigenvalue weighted by atomic mass is 10.3. The van der Waals surface area contributed by atoms with Gasteiger partial charge in [0.1, 0.15) is 5.52 Å². The van der Waals surface area contributed by atoms with Crippen LogP contribution in [0.2, 0.25) is 5.02 Å². The largest absolute Gasteiger partial charge is 0.245 e. The second-order valence-corrected chi connectivity index (χ2v) is 4.10. The normalized spacial score (nSPS) is 11.1. The Morgan fingerprint density at radius 1 is 1.27 bits per heavy atom. The minimum absolute atomic E-state index is 0.649. The molecule has 0 N–H and O–H groups in total. The van der Waals surface area contributed by atoms with Crippen molar-refractivity contribution in [2.75, 3.05) is 5.88 Å². The molecule has 0 aliphatic rings. The number of fused-ring (bicyclic) bond motifs is 1. The first-order valence-corrected chi connectivity index (χ1v) is 5.78. The summed E-state index contributed by atoms with van der Waals surface area (Å²) in [6.45, 7) is 0.837. The highest BCUT2D eigenvalue weighted by Gasteiger charge is 2.06. The number of halogens is 2. The van der Waals surface area contributed by atoms with E-state index < -0.39 is 0 Å². The molecule has 0 spiro atoms. The topological polar surface area (TPSA) is 30.7 Å². The third kappa shape index (κ3) is 2.24. The predicted octanol–water partition coefficient (Wildman–Crippen LogP) is 3.10. The maximum atomic E-state index is 5.99. The lowest BCUT2D eigenvalue weighted by Crippen LogP contribution is -2.00. The lowest BCUT2D eigenvalue weighted by Gasteiger charge is -2.00. The van der Waals surface area contributed by atoms with Crippen molar-refractivity contribution in [2.24, 2.45) is 0 Å². The fraction of sp³-hybridized carbons (Fsp3) is 0.400. The van der Waals surface area contributed by atoms with E-state index in [1.807, 2.05) is 22.9 Å². The zero-order valence-electron chi connectivity index (χ0n) is 8.16. The third-order valence-electron chi connectivity index (χ3n) is 2.25. The van der Waals surface area contributed by atoms with Crippen molar-refractivity contribution in [1.82, 2.24) is 15.0 Å². The maximum absolute atomic E-state index is 5.99. The van der Waals surface area contributed by atoms with Crippen LogP contribution >= 0.6 is 23.2 Å². The van der Waals surface area contributed by atoms with Crippen LogP contribution in [0.3, 0.4) is 0 Å². The summed E-state index contributed by atoms with van der Waals surface area (Å²) in [4.78, 5) is 0. The zero-order chi connectivity index (χ0) is 10.7. The SMILES string of the molecule is ClCCCCn1nnc2c(Cl)cccc21. The van der Waals surface area contributed by atoms with E-state index in [2.05, 4.69) is 10.3 Å². The Labute approximate surface area is 98.0 Å². The quantitative estimate of drug-likeness (QED) is 0.611. The van der Waals surface area contributed by atoms with Crippen molar-refractivity contribution >= 4 is 34.2 Å². The second kappa shape index (κ2) is 4.81. The third-order valence-corrected chi connectivity index (χ3v) is 2.82. The van der Waals surface area contributed by atoms with Gasteiger partial charge in [-0.25, -0.2) is 4.68 Å². The van der Waals surface area contributed by atoms with E-state index in [-0.39, 0.29) is 0 Å². The Morgan fingerprint density at radius 2 is 2.13 bits per heavy atom. The van der Waals surface area contributed by atoms with Crippen LogP contribution in [0.4, 0.5) is 0 Å². The molecule has 0 fully saturated rings. The zero-order valence-corrected chi connectivity index (χ0v) is 9.67. The highest BCUT2D eigenvalue weighted by molar-refractivity contribution is 6.34. The molecule has 0 radical (unpaired) electrons. The lowest BCUT2D eigenvalue weighted by molar-refractivity contribution is 0.569. The molecular weight excluding hydrogens is 233 g/mol. The van der Waals surface area contributed by atoms with E-state index in [0.29, 0.717) is 10.9 Å². The predicted molar refractivity (Wildman–Crippen MR) is 62.5 cm³/mol. The smallest absolute Gasteiger partial charge is 0.131 e. The minimum atomic E-state index is 0.649. The van der Waals surface area contributed by atoms with E-state index in [1.165, 1.54) is 0 Å². The molecule has 1 aromatic heterocycles. The number of rotatable bonds is 4.